The number of benzene rings is 1. The van der Waals surface area contributed by atoms with Crippen molar-refractivity contribution in [1.29, 1.82) is 5.41 Å². The molecular formula is C10H9FN4S2. The summed E-state index contributed by atoms with van der Waals surface area (Å²) in [5.41, 5.74) is 5.94. The van der Waals surface area contributed by atoms with Gasteiger partial charge in [0.25, 0.3) is 0 Å². The van der Waals surface area contributed by atoms with Crippen LogP contribution in [0.4, 0.5) is 4.39 Å². The maximum absolute atomic E-state index is 13.9. The Morgan fingerprint density at radius 2 is 2.35 bits per heavy atom. The van der Waals surface area contributed by atoms with E-state index in [2.05, 4.69) is 9.36 Å². The molecule has 88 valence electrons. The number of halogens is 1. The quantitative estimate of drug-likeness (QED) is 0.506. The highest BCUT2D eigenvalue weighted by Crippen LogP contribution is 2.25. The summed E-state index contributed by atoms with van der Waals surface area (Å²) in [4.78, 5) is 4.00. The van der Waals surface area contributed by atoms with Crippen LogP contribution >= 0.6 is 23.3 Å². The molecule has 0 unspecified atom stereocenters. The summed E-state index contributed by atoms with van der Waals surface area (Å²) >= 11 is 2.68. The lowest BCUT2D eigenvalue weighted by molar-refractivity contribution is 0.614. The summed E-state index contributed by atoms with van der Waals surface area (Å²) in [6, 6.07) is 4.86. The van der Waals surface area contributed by atoms with Gasteiger partial charge >= 0.3 is 0 Å². The second-order valence-electron chi connectivity index (χ2n) is 3.19. The molecule has 1 heterocycles. The molecular weight excluding hydrogens is 259 g/mol. The van der Waals surface area contributed by atoms with Gasteiger partial charge in [-0.15, -0.1) is 0 Å². The summed E-state index contributed by atoms with van der Waals surface area (Å²) < 4.78 is 18.5. The Balaban J connectivity index is 2.16. The molecule has 0 bridgehead atoms. The lowest BCUT2D eigenvalue weighted by Crippen LogP contribution is -2.14. The first-order valence-corrected chi connectivity index (χ1v) is 6.45. The van der Waals surface area contributed by atoms with Crippen LogP contribution in [0, 0.1) is 11.2 Å². The van der Waals surface area contributed by atoms with Crippen molar-refractivity contribution in [2.24, 2.45) is 5.73 Å². The van der Waals surface area contributed by atoms with Gasteiger partial charge in [-0.1, -0.05) is 23.9 Å². The largest absolute Gasteiger partial charge is 0.384 e. The van der Waals surface area contributed by atoms with E-state index >= 15 is 0 Å². The molecule has 2 aromatic rings. The lowest BCUT2D eigenvalue weighted by atomic mass is 10.1. The van der Waals surface area contributed by atoms with E-state index in [1.54, 1.807) is 12.1 Å². The van der Waals surface area contributed by atoms with Crippen molar-refractivity contribution in [2.75, 3.05) is 0 Å². The fourth-order valence-electron chi connectivity index (χ4n) is 1.27. The Labute approximate surface area is 106 Å². The highest BCUT2D eigenvalue weighted by Gasteiger charge is 2.10. The highest BCUT2D eigenvalue weighted by molar-refractivity contribution is 8.00. The molecule has 1 aromatic carbocycles. The monoisotopic (exact) mass is 268 g/mol. The lowest BCUT2D eigenvalue weighted by Gasteiger charge is -2.05. The van der Waals surface area contributed by atoms with Crippen molar-refractivity contribution < 1.29 is 4.39 Å². The molecule has 1 aromatic heterocycles. The van der Waals surface area contributed by atoms with Gasteiger partial charge in [-0.3, -0.25) is 5.41 Å². The standard InChI is InChI=1S/C10H9FN4S2/c11-8-6(2-1-3-7(8)9(12)13)4-16-10-14-5-15-17-10/h1-3,5H,4H2,(H3,12,13). The maximum atomic E-state index is 13.9. The molecule has 3 N–H and O–H groups in total. The van der Waals surface area contributed by atoms with Crippen molar-refractivity contribution in [3.63, 3.8) is 0 Å². The average Bonchev–Trinajstić information content (AvgIpc) is 2.80. The van der Waals surface area contributed by atoms with E-state index in [4.69, 9.17) is 11.1 Å². The molecule has 0 aliphatic rings. The molecule has 2 rings (SSSR count). The number of hydrogen-bond donors (Lipinski definition) is 2. The molecule has 0 aliphatic heterocycles. The molecule has 0 radical (unpaired) electrons. The number of aromatic nitrogens is 2. The molecule has 0 saturated carbocycles. The topological polar surface area (TPSA) is 75.7 Å². The van der Waals surface area contributed by atoms with Crippen LogP contribution in [0.5, 0.6) is 0 Å². The molecule has 17 heavy (non-hydrogen) atoms. The van der Waals surface area contributed by atoms with Crippen molar-refractivity contribution in [3.8, 4) is 0 Å². The maximum Gasteiger partial charge on any atom is 0.170 e. The van der Waals surface area contributed by atoms with Gasteiger partial charge in [-0.05, 0) is 23.2 Å². The van der Waals surface area contributed by atoms with Gasteiger partial charge in [0.15, 0.2) is 4.34 Å². The van der Waals surface area contributed by atoms with Gasteiger partial charge in [0, 0.05) is 5.75 Å². The van der Waals surface area contributed by atoms with Crippen molar-refractivity contribution in [1.82, 2.24) is 9.36 Å². The van der Waals surface area contributed by atoms with Gasteiger partial charge in [0.1, 0.15) is 18.0 Å². The number of nitrogens with zero attached hydrogens (tertiary/aromatic N) is 2. The van der Waals surface area contributed by atoms with Crippen LogP contribution in [0.15, 0.2) is 28.9 Å². The van der Waals surface area contributed by atoms with Crippen molar-refractivity contribution in [3.05, 3.63) is 41.5 Å². The van der Waals surface area contributed by atoms with Crippen molar-refractivity contribution >= 4 is 29.1 Å². The minimum absolute atomic E-state index is 0.139. The van der Waals surface area contributed by atoms with Crippen LogP contribution in [0.2, 0.25) is 0 Å². The third-order valence-corrected chi connectivity index (χ3v) is 3.91. The zero-order valence-corrected chi connectivity index (χ0v) is 10.3. The second kappa shape index (κ2) is 5.24. The Morgan fingerprint density at radius 1 is 1.53 bits per heavy atom. The first-order chi connectivity index (χ1) is 8.18. The summed E-state index contributed by atoms with van der Waals surface area (Å²) in [5.74, 6) is -0.246. The van der Waals surface area contributed by atoms with Crippen LogP contribution in [0.3, 0.4) is 0 Å². The molecule has 0 spiro atoms. The molecule has 0 amide bonds. The van der Waals surface area contributed by atoms with Gasteiger partial charge < -0.3 is 5.73 Å². The van der Waals surface area contributed by atoms with Gasteiger partial charge in [-0.2, -0.15) is 4.37 Å². The van der Waals surface area contributed by atoms with Crippen LogP contribution in [0.25, 0.3) is 0 Å². The molecule has 0 atom stereocenters. The number of nitrogens with one attached hydrogen (secondary N) is 1. The number of nitrogens with two attached hydrogens (primary N) is 1. The molecule has 7 heteroatoms. The minimum Gasteiger partial charge on any atom is -0.384 e. The minimum atomic E-state index is -0.433. The van der Waals surface area contributed by atoms with Crippen LogP contribution < -0.4 is 5.73 Å². The van der Waals surface area contributed by atoms with Crippen LogP contribution in [-0.4, -0.2) is 15.2 Å². The Kier molecular flexibility index (Phi) is 3.70. The fourth-order valence-corrected chi connectivity index (χ4v) is 2.68. The second-order valence-corrected chi connectivity index (χ2v) is 5.19. The highest BCUT2D eigenvalue weighted by atomic mass is 32.2. The zero-order chi connectivity index (χ0) is 12.3. The SMILES string of the molecule is N=C(N)c1cccc(CSc2ncns2)c1F. The van der Waals surface area contributed by atoms with E-state index in [1.165, 1.54) is 35.7 Å². The van der Waals surface area contributed by atoms with E-state index in [1.807, 2.05) is 0 Å². The van der Waals surface area contributed by atoms with E-state index in [9.17, 15) is 4.39 Å². The Bertz CT molecular complexity index is 527. The fraction of sp³-hybridized carbons (Fsp3) is 0.100. The summed E-state index contributed by atoms with van der Waals surface area (Å²) in [7, 11) is 0. The van der Waals surface area contributed by atoms with Gasteiger partial charge in [-0.25, -0.2) is 9.37 Å². The number of nitrogen functional groups attached to an aromatic ring is 1. The predicted molar refractivity (Wildman–Crippen MR) is 66.9 cm³/mol. The number of thioether (sulfide) groups is 1. The van der Waals surface area contributed by atoms with Gasteiger partial charge in [0.05, 0.1) is 5.56 Å². The summed E-state index contributed by atoms with van der Waals surface area (Å²) in [6.07, 6.45) is 1.47. The Morgan fingerprint density at radius 3 is 3.00 bits per heavy atom. The van der Waals surface area contributed by atoms with E-state index in [-0.39, 0.29) is 11.4 Å². The number of rotatable bonds is 4. The predicted octanol–water partition coefficient (Wildman–Crippen LogP) is 2.25. The third-order valence-electron chi connectivity index (χ3n) is 2.06. The third kappa shape index (κ3) is 2.80. The first kappa shape index (κ1) is 12.0. The van der Waals surface area contributed by atoms with Gasteiger partial charge in [0.2, 0.25) is 0 Å². The first-order valence-electron chi connectivity index (χ1n) is 4.69. The average molecular weight is 268 g/mol. The van der Waals surface area contributed by atoms with Crippen LogP contribution in [0.1, 0.15) is 11.1 Å². The molecule has 0 aliphatic carbocycles. The Hall–Kier alpha value is -1.47. The van der Waals surface area contributed by atoms with Crippen molar-refractivity contribution in [2.45, 2.75) is 10.1 Å². The molecule has 0 fully saturated rings. The van der Waals surface area contributed by atoms with Crippen LogP contribution in [-0.2, 0) is 5.75 Å². The smallest absolute Gasteiger partial charge is 0.170 e. The molecule has 4 nitrogen and oxygen atoms in total. The van der Waals surface area contributed by atoms with E-state index in [0.717, 1.165) is 4.34 Å². The summed E-state index contributed by atoms with van der Waals surface area (Å²) in [6.45, 7) is 0. The zero-order valence-electron chi connectivity index (χ0n) is 8.68. The number of amidine groups is 1. The summed E-state index contributed by atoms with van der Waals surface area (Å²) in [5, 5.41) is 7.26. The van der Waals surface area contributed by atoms with E-state index in [0.29, 0.717) is 11.3 Å². The molecule has 0 saturated heterocycles. The number of hydrogen-bond acceptors (Lipinski definition) is 5. The van der Waals surface area contributed by atoms with E-state index < -0.39 is 5.82 Å². The normalized spacial score (nSPS) is 10.4.